The van der Waals surface area contributed by atoms with Gasteiger partial charge >= 0.3 is 0 Å². The van der Waals surface area contributed by atoms with Gasteiger partial charge in [-0.25, -0.2) is 4.39 Å². The molecule has 0 fully saturated rings. The Kier molecular flexibility index (Phi) is 3.43. The van der Waals surface area contributed by atoms with Crippen LogP contribution in [0.5, 0.6) is 0 Å². The third kappa shape index (κ3) is 2.41. The summed E-state index contributed by atoms with van der Waals surface area (Å²) in [5.74, 6) is -0.491. The lowest BCUT2D eigenvalue weighted by Gasteiger charge is -2.15. The van der Waals surface area contributed by atoms with Gasteiger partial charge in [0.15, 0.2) is 0 Å². The van der Waals surface area contributed by atoms with E-state index in [0.29, 0.717) is 17.5 Å². The molecule has 0 spiro atoms. The summed E-state index contributed by atoms with van der Waals surface area (Å²) >= 11 is 5.74. The number of nitrogens with zero attached hydrogens (tertiary/aromatic N) is 1. The molecule has 21 heavy (non-hydrogen) atoms. The minimum atomic E-state index is -0.908. The maximum absolute atomic E-state index is 13.2. The van der Waals surface area contributed by atoms with Crippen molar-refractivity contribution in [2.45, 2.75) is 12.5 Å². The number of halogens is 2. The van der Waals surface area contributed by atoms with Gasteiger partial charge in [0, 0.05) is 12.7 Å². The van der Waals surface area contributed by atoms with Crippen LogP contribution in [-0.4, -0.2) is 18.1 Å². The number of carbonyl (C=O) groups excluding carboxylic acids is 1. The molecule has 3 rings (SSSR count). The fourth-order valence-electron chi connectivity index (χ4n) is 2.54. The van der Waals surface area contributed by atoms with E-state index in [1.165, 1.54) is 18.2 Å². The van der Waals surface area contributed by atoms with E-state index in [1.807, 2.05) is 6.07 Å². The number of rotatable bonds is 2. The molecule has 5 heteroatoms. The highest BCUT2D eigenvalue weighted by Crippen LogP contribution is 2.32. The largest absolute Gasteiger partial charge is 0.384 e. The molecule has 0 saturated carbocycles. The molecule has 0 aliphatic carbocycles. The van der Waals surface area contributed by atoms with Gasteiger partial charge in [-0.05, 0) is 34.9 Å². The quantitative estimate of drug-likeness (QED) is 0.926. The summed E-state index contributed by atoms with van der Waals surface area (Å²) in [5.41, 5.74) is 2.90. The summed E-state index contributed by atoms with van der Waals surface area (Å²) in [7, 11) is 1.73. The van der Waals surface area contributed by atoms with Crippen LogP contribution in [0.15, 0.2) is 36.4 Å². The summed E-state index contributed by atoms with van der Waals surface area (Å²) in [6, 6.07) is 9.51. The van der Waals surface area contributed by atoms with E-state index in [-0.39, 0.29) is 10.9 Å². The standard InChI is InChI=1S/C16H13ClFNO2/c1-19-14-5-3-9(6-11(14)8-15(19)20)16(21)10-2-4-13(18)12(17)7-10/h2-7,16,21H,8H2,1H3. The van der Waals surface area contributed by atoms with Crippen molar-refractivity contribution in [2.24, 2.45) is 0 Å². The smallest absolute Gasteiger partial charge is 0.231 e. The van der Waals surface area contributed by atoms with Crippen LogP contribution in [0, 0.1) is 5.82 Å². The Balaban J connectivity index is 1.96. The molecule has 0 radical (unpaired) electrons. The zero-order valence-electron chi connectivity index (χ0n) is 11.3. The lowest BCUT2D eigenvalue weighted by atomic mass is 9.98. The molecule has 108 valence electrons. The van der Waals surface area contributed by atoms with Crippen LogP contribution in [0.1, 0.15) is 22.8 Å². The van der Waals surface area contributed by atoms with Crippen molar-refractivity contribution in [2.75, 3.05) is 11.9 Å². The fraction of sp³-hybridized carbons (Fsp3) is 0.188. The van der Waals surface area contributed by atoms with E-state index >= 15 is 0 Å². The number of hydrogen-bond acceptors (Lipinski definition) is 2. The Labute approximate surface area is 126 Å². The average Bonchev–Trinajstić information content (AvgIpc) is 2.76. The van der Waals surface area contributed by atoms with Crippen molar-refractivity contribution in [3.63, 3.8) is 0 Å². The summed E-state index contributed by atoms with van der Waals surface area (Å²) in [5, 5.41) is 10.4. The van der Waals surface area contributed by atoms with Crippen LogP contribution in [0.2, 0.25) is 5.02 Å². The van der Waals surface area contributed by atoms with Gasteiger partial charge in [-0.15, -0.1) is 0 Å². The second-order valence-corrected chi connectivity index (χ2v) is 5.50. The number of benzene rings is 2. The van der Waals surface area contributed by atoms with Crippen molar-refractivity contribution in [1.29, 1.82) is 0 Å². The Hall–Kier alpha value is -1.91. The topological polar surface area (TPSA) is 40.5 Å². The highest BCUT2D eigenvalue weighted by molar-refractivity contribution is 6.30. The number of amides is 1. The summed E-state index contributed by atoms with van der Waals surface area (Å²) < 4.78 is 13.2. The summed E-state index contributed by atoms with van der Waals surface area (Å²) in [6.45, 7) is 0. The van der Waals surface area contributed by atoms with Gasteiger partial charge in [0.25, 0.3) is 0 Å². The van der Waals surface area contributed by atoms with Crippen molar-refractivity contribution in [3.05, 3.63) is 63.9 Å². The Bertz CT molecular complexity index is 732. The predicted octanol–water partition coefficient (Wildman–Crippen LogP) is 3.08. The molecule has 1 N–H and O–H groups in total. The van der Waals surface area contributed by atoms with Gasteiger partial charge in [0.05, 0.1) is 11.4 Å². The van der Waals surface area contributed by atoms with Gasteiger partial charge in [-0.1, -0.05) is 29.8 Å². The van der Waals surface area contributed by atoms with E-state index in [0.717, 1.165) is 11.3 Å². The maximum Gasteiger partial charge on any atom is 0.231 e. The van der Waals surface area contributed by atoms with Crippen LogP contribution >= 0.6 is 11.6 Å². The molecule has 0 bridgehead atoms. The van der Waals surface area contributed by atoms with Crippen molar-refractivity contribution in [3.8, 4) is 0 Å². The lowest BCUT2D eigenvalue weighted by molar-refractivity contribution is -0.117. The van der Waals surface area contributed by atoms with Crippen LogP contribution in [0.25, 0.3) is 0 Å². The molecule has 1 atom stereocenters. The second kappa shape index (κ2) is 5.13. The van der Waals surface area contributed by atoms with Crippen molar-refractivity contribution >= 4 is 23.2 Å². The molecular weight excluding hydrogens is 293 g/mol. The first-order valence-corrected chi connectivity index (χ1v) is 6.87. The molecule has 1 aliphatic rings. The maximum atomic E-state index is 13.2. The third-order valence-electron chi connectivity index (χ3n) is 3.76. The number of aliphatic hydroxyl groups is 1. The van der Waals surface area contributed by atoms with Crippen LogP contribution < -0.4 is 4.90 Å². The molecule has 1 unspecified atom stereocenters. The normalized spacial score (nSPS) is 15.2. The molecule has 1 amide bonds. The second-order valence-electron chi connectivity index (χ2n) is 5.09. The number of likely N-dealkylation sites (N-methyl/N-ethyl adjacent to an activating group) is 1. The van der Waals surface area contributed by atoms with Gasteiger partial charge in [-0.3, -0.25) is 4.79 Å². The Morgan fingerprint density at radius 1 is 1.24 bits per heavy atom. The Morgan fingerprint density at radius 3 is 2.62 bits per heavy atom. The van der Waals surface area contributed by atoms with Gasteiger partial charge in [0.2, 0.25) is 5.91 Å². The van der Waals surface area contributed by atoms with Crippen molar-refractivity contribution in [1.82, 2.24) is 0 Å². The first-order chi connectivity index (χ1) is 9.97. The van der Waals surface area contributed by atoms with Crippen LogP contribution in [-0.2, 0) is 11.2 Å². The minimum Gasteiger partial charge on any atom is -0.384 e. The number of fused-ring (bicyclic) bond motifs is 1. The van der Waals surface area contributed by atoms with Crippen LogP contribution in [0.3, 0.4) is 0 Å². The SMILES string of the molecule is CN1C(=O)Cc2cc(C(O)c3ccc(F)c(Cl)c3)ccc21. The van der Waals surface area contributed by atoms with Gasteiger partial charge < -0.3 is 10.0 Å². The molecule has 0 aromatic heterocycles. The molecule has 2 aromatic carbocycles. The zero-order valence-corrected chi connectivity index (χ0v) is 12.1. The van der Waals surface area contributed by atoms with E-state index in [4.69, 9.17) is 11.6 Å². The predicted molar refractivity (Wildman–Crippen MR) is 79.0 cm³/mol. The highest BCUT2D eigenvalue weighted by atomic mass is 35.5. The number of aliphatic hydroxyl groups excluding tert-OH is 1. The molecule has 1 heterocycles. The molecule has 1 aliphatic heterocycles. The highest BCUT2D eigenvalue weighted by Gasteiger charge is 2.25. The zero-order chi connectivity index (χ0) is 15.1. The molecule has 3 nitrogen and oxygen atoms in total. The summed E-state index contributed by atoms with van der Waals surface area (Å²) in [4.78, 5) is 13.3. The molecule has 0 saturated heterocycles. The van der Waals surface area contributed by atoms with E-state index in [9.17, 15) is 14.3 Å². The van der Waals surface area contributed by atoms with Crippen molar-refractivity contribution < 1.29 is 14.3 Å². The number of anilines is 1. The van der Waals surface area contributed by atoms with Crippen LogP contribution in [0.4, 0.5) is 10.1 Å². The number of hydrogen-bond donors (Lipinski definition) is 1. The van der Waals surface area contributed by atoms with E-state index in [2.05, 4.69) is 0 Å². The first-order valence-electron chi connectivity index (χ1n) is 6.50. The monoisotopic (exact) mass is 305 g/mol. The average molecular weight is 306 g/mol. The van der Waals surface area contributed by atoms with E-state index < -0.39 is 11.9 Å². The third-order valence-corrected chi connectivity index (χ3v) is 4.05. The van der Waals surface area contributed by atoms with E-state index in [1.54, 1.807) is 24.1 Å². The first kappa shape index (κ1) is 14.0. The molecular formula is C16H13ClFNO2. The summed E-state index contributed by atoms with van der Waals surface area (Å²) in [6.07, 6.45) is -0.578. The lowest BCUT2D eigenvalue weighted by Crippen LogP contribution is -2.20. The molecule has 2 aromatic rings. The Morgan fingerprint density at radius 2 is 1.90 bits per heavy atom. The fourth-order valence-corrected chi connectivity index (χ4v) is 2.72. The number of carbonyl (C=O) groups is 1. The van der Waals surface area contributed by atoms with Gasteiger partial charge in [-0.2, -0.15) is 0 Å². The minimum absolute atomic E-state index is 0.0254. The van der Waals surface area contributed by atoms with Gasteiger partial charge in [0.1, 0.15) is 11.9 Å².